The monoisotopic (exact) mass is 349 g/mol. The molecule has 110 valence electrons. The van der Waals surface area contributed by atoms with Crippen LogP contribution >= 0.6 is 15.9 Å². The number of rotatable bonds is 2. The molecule has 0 fully saturated rings. The number of aryl methyl sites for hydroxylation is 2. The van der Waals surface area contributed by atoms with Crippen molar-refractivity contribution in [3.63, 3.8) is 0 Å². The van der Waals surface area contributed by atoms with Gasteiger partial charge in [0.05, 0.1) is 4.47 Å². The molecule has 1 aliphatic carbocycles. The Bertz CT molecular complexity index is 687. The zero-order valence-electron chi connectivity index (χ0n) is 11.9. The molecule has 3 nitrogen and oxygen atoms in total. The Morgan fingerprint density at radius 2 is 2.19 bits per heavy atom. The molecule has 0 saturated carbocycles. The fourth-order valence-corrected chi connectivity index (χ4v) is 3.20. The number of benzene rings is 1. The Morgan fingerprint density at radius 3 is 2.90 bits per heavy atom. The van der Waals surface area contributed by atoms with Crippen molar-refractivity contribution in [1.82, 2.24) is 9.97 Å². The molecule has 1 aromatic heterocycles. The van der Waals surface area contributed by atoms with E-state index < -0.39 is 0 Å². The lowest BCUT2D eigenvalue weighted by Gasteiger charge is -2.24. The van der Waals surface area contributed by atoms with Gasteiger partial charge in [0.1, 0.15) is 5.82 Å². The van der Waals surface area contributed by atoms with Crippen LogP contribution in [0.25, 0.3) is 11.4 Å². The van der Waals surface area contributed by atoms with Crippen molar-refractivity contribution < 1.29 is 4.39 Å². The molecule has 2 aromatic rings. The Labute approximate surface area is 131 Å². The van der Waals surface area contributed by atoms with Crippen LogP contribution in [0.15, 0.2) is 22.7 Å². The Balaban J connectivity index is 2.02. The topological polar surface area (TPSA) is 51.8 Å². The molecule has 1 aromatic carbocycles. The van der Waals surface area contributed by atoms with E-state index in [0.29, 0.717) is 22.8 Å². The quantitative estimate of drug-likeness (QED) is 0.903. The number of fused-ring (bicyclic) bond motifs is 1. The molecule has 21 heavy (non-hydrogen) atoms. The van der Waals surface area contributed by atoms with E-state index in [0.717, 1.165) is 36.2 Å². The van der Waals surface area contributed by atoms with Gasteiger partial charge < -0.3 is 5.73 Å². The molecule has 1 aliphatic rings. The van der Waals surface area contributed by atoms with Crippen LogP contribution in [-0.2, 0) is 12.8 Å². The highest BCUT2D eigenvalue weighted by Crippen LogP contribution is 2.29. The number of hydrogen-bond donors (Lipinski definition) is 1. The van der Waals surface area contributed by atoms with Gasteiger partial charge in [-0.3, -0.25) is 0 Å². The van der Waals surface area contributed by atoms with Gasteiger partial charge in [0, 0.05) is 17.0 Å². The Morgan fingerprint density at radius 1 is 1.38 bits per heavy atom. The van der Waals surface area contributed by atoms with Crippen molar-refractivity contribution in [1.29, 1.82) is 0 Å². The summed E-state index contributed by atoms with van der Waals surface area (Å²) in [7, 11) is 0. The number of aromatic nitrogens is 2. The first-order chi connectivity index (χ1) is 10.1. The van der Waals surface area contributed by atoms with Gasteiger partial charge in [-0.05, 0) is 78.3 Å². The number of nitrogens with zero attached hydrogens (tertiary/aromatic N) is 2. The van der Waals surface area contributed by atoms with E-state index in [4.69, 9.17) is 5.73 Å². The summed E-state index contributed by atoms with van der Waals surface area (Å²) in [6, 6.07) is 4.87. The fraction of sp³-hybridized carbons (Fsp3) is 0.375. The van der Waals surface area contributed by atoms with Crippen molar-refractivity contribution in [3.05, 3.63) is 45.4 Å². The van der Waals surface area contributed by atoms with Gasteiger partial charge in [0.25, 0.3) is 0 Å². The molecule has 0 spiro atoms. The van der Waals surface area contributed by atoms with Crippen molar-refractivity contribution in [2.45, 2.75) is 26.2 Å². The minimum Gasteiger partial charge on any atom is -0.330 e. The summed E-state index contributed by atoms with van der Waals surface area (Å²) in [4.78, 5) is 9.29. The second-order valence-electron chi connectivity index (χ2n) is 5.53. The van der Waals surface area contributed by atoms with Gasteiger partial charge >= 0.3 is 0 Å². The number of hydrogen-bond acceptors (Lipinski definition) is 3. The molecule has 0 radical (unpaired) electrons. The second kappa shape index (κ2) is 5.81. The third kappa shape index (κ3) is 2.85. The van der Waals surface area contributed by atoms with Gasteiger partial charge in [-0.2, -0.15) is 0 Å². The van der Waals surface area contributed by atoms with Gasteiger partial charge in [-0.15, -0.1) is 0 Å². The molecule has 1 heterocycles. The summed E-state index contributed by atoms with van der Waals surface area (Å²) in [5, 5.41) is 0. The lowest BCUT2D eigenvalue weighted by Crippen LogP contribution is -2.24. The summed E-state index contributed by atoms with van der Waals surface area (Å²) in [5.74, 6) is 0.919. The molecular formula is C16H17BrFN3. The number of halogens is 2. The van der Waals surface area contributed by atoms with Crippen LogP contribution in [0.5, 0.6) is 0 Å². The average Bonchev–Trinajstić information content (AvgIpc) is 2.49. The van der Waals surface area contributed by atoms with E-state index in [9.17, 15) is 4.39 Å². The summed E-state index contributed by atoms with van der Waals surface area (Å²) in [6.45, 7) is 2.73. The summed E-state index contributed by atoms with van der Waals surface area (Å²) < 4.78 is 13.8. The molecule has 0 saturated heterocycles. The van der Waals surface area contributed by atoms with E-state index in [1.807, 2.05) is 6.92 Å². The highest BCUT2D eigenvalue weighted by atomic mass is 79.9. The summed E-state index contributed by atoms with van der Waals surface area (Å²) in [6.07, 6.45) is 2.98. The highest BCUT2D eigenvalue weighted by Gasteiger charge is 2.22. The van der Waals surface area contributed by atoms with Crippen LogP contribution in [0.4, 0.5) is 4.39 Å². The summed E-state index contributed by atoms with van der Waals surface area (Å²) in [5.41, 5.74) is 9.97. The van der Waals surface area contributed by atoms with Crippen LogP contribution in [0, 0.1) is 18.7 Å². The highest BCUT2D eigenvalue weighted by molar-refractivity contribution is 9.10. The van der Waals surface area contributed by atoms with Crippen molar-refractivity contribution >= 4 is 15.9 Å². The number of nitrogens with two attached hydrogens (primary N) is 1. The van der Waals surface area contributed by atoms with Crippen LogP contribution in [-0.4, -0.2) is 16.5 Å². The van der Waals surface area contributed by atoms with E-state index in [1.165, 1.54) is 11.6 Å². The first kappa shape index (κ1) is 14.6. The molecule has 1 unspecified atom stereocenters. The predicted octanol–water partition coefficient (Wildman–Crippen LogP) is 3.42. The second-order valence-corrected chi connectivity index (χ2v) is 6.39. The molecule has 2 N–H and O–H groups in total. The zero-order valence-corrected chi connectivity index (χ0v) is 13.5. The molecule has 1 atom stereocenters. The predicted molar refractivity (Wildman–Crippen MR) is 84.4 cm³/mol. The SMILES string of the molecule is Cc1nc(-c2ccc(F)c(Br)c2)nc2c1CC(CN)CC2. The first-order valence-corrected chi connectivity index (χ1v) is 7.89. The standard InChI is InChI=1S/C16H17BrFN3/c1-9-12-6-10(8-19)2-5-15(12)21-16(20-9)11-3-4-14(18)13(17)7-11/h3-4,7,10H,2,5-6,8,19H2,1H3. The van der Waals surface area contributed by atoms with E-state index >= 15 is 0 Å². The van der Waals surface area contributed by atoms with Gasteiger partial charge in [0.2, 0.25) is 0 Å². The molecule has 0 bridgehead atoms. The Kier molecular flexibility index (Phi) is 4.04. The molecule has 0 amide bonds. The minimum atomic E-state index is -0.279. The minimum absolute atomic E-state index is 0.279. The normalized spacial score (nSPS) is 17.6. The van der Waals surface area contributed by atoms with Crippen molar-refractivity contribution in [3.8, 4) is 11.4 Å². The molecular weight excluding hydrogens is 333 g/mol. The van der Waals surface area contributed by atoms with Crippen LogP contribution in [0.2, 0.25) is 0 Å². The average molecular weight is 350 g/mol. The van der Waals surface area contributed by atoms with E-state index in [1.54, 1.807) is 12.1 Å². The van der Waals surface area contributed by atoms with Crippen LogP contribution in [0.3, 0.4) is 0 Å². The van der Waals surface area contributed by atoms with Crippen LogP contribution < -0.4 is 5.73 Å². The lowest BCUT2D eigenvalue weighted by atomic mass is 9.86. The maximum Gasteiger partial charge on any atom is 0.159 e. The smallest absolute Gasteiger partial charge is 0.159 e. The zero-order chi connectivity index (χ0) is 15.0. The van der Waals surface area contributed by atoms with Gasteiger partial charge in [0.15, 0.2) is 5.82 Å². The van der Waals surface area contributed by atoms with Gasteiger partial charge in [-0.25, -0.2) is 14.4 Å². The van der Waals surface area contributed by atoms with E-state index in [2.05, 4.69) is 25.9 Å². The largest absolute Gasteiger partial charge is 0.330 e. The van der Waals surface area contributed by atoms with E-state index in [-0.39, 0.29) is 5.82 Å². The fourth-order valence-electron chi connectivity index (χ4n) is 2.82. The molecule has 5 heteroatoms. The lowest BCUT2D eigenvalue weighted by molar-refractivity contribution is 0.460. The molecule has 0 aliphatic heterocycles. The molecule has 3 rings (SSSR count). The van der Waals surface area contributed by atoms with Crippen LogP contribution in [0.1, 0.15) is 23.4 Å². The Hall–Kier alpha value is -1.33. The third-order valence-electron chi connectivity index (χ3n) is 4.09. The van der Waals surface area contributed by atoms with Gasteiger partial charge in [-0.1, -0.05) is 0 Å². The maximum atomic E-state index is 13.3. The maximum absolute atomic E-state index is 13.3. The van der Waals surface area contributed by atoms with Crippen molar-refractivity contribution in [2.75, 3.05) is 6.54 Å². The van der Waals surface area contributed by atoms with Crippen molar-refractivity contribution in [2.24, 2.45) is 11.7 Å². The first-order valence-electron chi connectivity index (χ1n) is 7.10. The summed E-state index contributed by atoms with van der Waals surface area (Å²) >= 11 is 3.21. The third-order valence-corrected chi connectivity index (χ3v) is 4.70.